The zero-order chi connectivity index (χ0) is 13.8. The molecule has 1 N–H and O–H groups in total. The number of carbonyl (C=O) groups is 1. The average Bonchev–Trinajstić information content (AvgIpc) is 2.86. The van der Waals surface area contributed by atoms with Crippen LogP contribution in [0.5, 0.6) is 5.75 Å². The van der Waals surface area contributed by atoms with Gasteiger partial charge in [0.1, 0.15) is 5.75 Å². The highest BCUT2D eigenvalue weighted by atomic mass is 19.3. The Morgan fingerprint density at radius 2 is 2.11 bits per heavy atom. The number of halogens is 2. The number of amides is 1. The van der Waals surface area contributed by atoms with Gasteiger partial charge in [0.2, 0.25) is 0 Å². The smallest absolute Gasteiger partial charge is 0.387 e. The fraction of sp³-hybridized carbons (Fsp3) is 0.462. The number of ether oxygens (including phenoxy) is 1. The number of alkyl halides is 2. The van der Waals surface area contributed by atoms with Crippen LogP contribution in [0.2, 0.25) is 0 Å². The molecule has 1 atom stereocenters. The Balaban J connectivity index is 2.07. The van der Waals surface area contributed by atoms with Crippen LogP contribution in [0, 0.1) is 0 Å². The second kappa shape index (κ2) is 5.97. The topological polar surface area (TPSA) is 49.8 Å². The number of benzene rings is 1. The fourth-order valence-corrected chi connectivity index (χ4v) is 2.24. The van der Waals surface area contributed by atoms with Gasteiger partial charge in [-0.1, -0.05) is 0 Å². The van der Waals surface area contributed by atoms with Gasteiger partial charge in [-0.2, -0.15) is 8.78 Å². The van der Waals surface area contributed by atoms with E-state index in [-0.39, 0.29) is 24.3 Å². The van der Waals surface area contributed by atoms with E-state index in [4.69, 9.17) is 0 Å². The molecule has 0 saturated carbocycles. The quantitative estimate of drug-likeness (QED) is 0.909. The summed E-state index contributed by atoms with van der Waals surface area (Å²) < 4.78 is 28.2. The number of likely N-dealkylation sites (tertiary alicyclic amines) is 1. The standard InChI is InChI=1S/C13H15F2NO3/c14-13(15)19-11-5-3-9(4-6-11)12(18)16-7-1-2-10(16)8-17/h3-6,10,13,17H,1-2,7-8H2/t10-/m0/s1. The van der Waals surface area contributed by atoms with Crippen LogP contribution in [0.25, 0.3) is 0 Å². The molecule has 1 fully saturated rings. The molecule has 1 aliphatic heterocycles. The number of aliphatic hydroxyl groups excluding tert-OH is 1. The second-order valence-electron chi connectivity index (χ2n) is 4.38. The summed E-state index contributed by atoms with van der Waals surface area (Å²) in [5.74, 6) is -0.174. The van der Waals surface area contributed by atoms with Crippen LogP contribution in [0.1, 0.15) is 23.2 Å². The number of carbonyl (C=O) groups excluding carboxylic acids is 1. The first kappa shape index (κ1) is 13.7. The molecule has 0 aliphatic carbocycles. The Morgan fingerprint density at radius 3 is 2.68 bits per heavy atom. The summed E-state index contributed by atoms with van der Waals surface area (Å²) >= 11 is 0. The maximum atomic E-state index is 12.2. The van der Waals surface area contributed by atoms with E-state index in [1.54, 1.807) is 4.90 Å². The van der Waals surface area contributed by atoms with Crippen LogP contribution in [-0.4, -0.2) is 41.7 Å². The van der Waals surface area contributed by atoms with Crippen molar-refractivity contribution in [3.8, 4) is 5.75 Å². The van der Waals surface area contributed by atoms with Gasteiger partial charge in [-0.3, -0.25) is 4.79 Å². The number of hydrogen-bond acceptors (Lipinski definition) is 3. The van der Waals surface area contributed by atoms with Gasteiger partial charge < -0.3 is 14.7 Å². The molecule has 0 radical (unpaired) electrons. The van der Waals surface area contributed by atoms with Gasteiger partial charge in [0.05, 0.1) is 12.6 Å². The van der Waals surface area contributed by atoms with Gasteiger partial charge in [-0.25, -0.2) is 0 Å². The van der Waals surface area contributed by atoms with E-state index in [9.17, 15) is 18.7 Å². The van der Waals surface area contributed by atoms with E-state index in [1.165, 1.54) is 24.3 Å². The Labute approximate surface area is 109 Å². The number of rotatable bonds is 4. The van der Waals surface area contributed by atoms with Crippen molar-refractivity contribution in [2.24, 2.45) is 0 Å². The zero-order valence-electron chi connectivity index (χ0n) is 10.3. The van der Waals surface area contributed by atoms with Crippen molar-refractivity contribution in [1.82, 2.24) is 4.90 Å². The van der Waals surface area contributed by atoms with Gasteiger partial charge in [0, 0.05) is 12.1 Å². The normalized spacial score (nSPS) is 18.9. The highest BCUT2D eigenvalue weighted by molar-refractivity contribution is 5.94. The van der Waals surface area contributed by atoms with Gasteiger partial charge in [0.25, 0.3) is 5.91 Å². The zero-order valence-corrected chi connectivity index (χ0v) is 10.3. The molecule has 1 aromatic rings. The van der Waals surface area contributed by atoms with Crippen molar-refractivity contribution < 1.29 is 23.4 Å². The third-order valence-corrected chi connectivity index (χ3v) is 3.18. The highest BCUT2D eigenvalue weighted by Gasteiger charge is 2.28. The third-order valence-electron chi connectivity index (χ3n) is 3.18. The largest absolute Gasteiger partial charge is 0.435 e. The van der Waals surface area contributed by atoms with Crippen molar-refractivity contribution in [3.05, 3.63) is 29.8 Å². The maximum absolute atomic E-state index is 12.2. The molecular formula is C13H15F2NO3. The van der Waals surface area contributed by atoms with Crippen molar-refractivity contribution in [1.29, 1.82) is 0 Å². The van der Waals surface area contributed by atoms with Gasteiger partial charge in [-0.15, -0.1) is 0 Å². The van der Waals surface area contributed by atoms with Crippen LogP contribution in [0.3, 0.4) is 0 Å². The summed E-state index contributed by atoms with van der Waals surface area (Å²) in [7, 11) is 0. The Bertz CT molecular complexity index is 436. The maximum Gasteiger partial charge on any atom is 0.387 e. The van der Waals surface area contributed by atoms with Crippen molar-refractivity contribution in [2.45, 2.75) is 25.5 Å². The molecule has 1 heterocycles. The van der Waals surface area contributed by atoms with Crippen LogP contribution in [0.15, 0.2) is 24.3 Å². The number of aliphatic hydroxyl groups is 1. The molecule has 1 aromatic carbocycles. The van der Waals surface area contributed by atoms with E-state index >= 15 is 0 Å². The lowest BCUT2D eigenvalue weighted by atomic mass is 10.1. The summed E-state index contributed by atoms with van der Waals surface area (Å²) in [6.45, 7) is -2.32. The van der Waals surface area contributed by atoms with E-state index in [2.05, 4.69) is 4.74 Å². The van der Waals surface area contributed by atoms with Crippen molar-refractivity contribution in [3.63, 3.8) is 0 Å². The molecular weight excluding hydrogens is 256 g/mol. The molecule has 1 saturated heterocycles. The minimum atomic E-state index is -2.88. The lowest BCUT2D eigenvalue weighted by Gasteiger charge is -2.23. The lowest BCUT2D eigenvalue weighted by molar-refractivity contribution is -0.0498. The number of hydrogen-bond donors (Lipinski definition) is 1. The Hall–Kier alpha value is -1.69. The second-order valence-corrected chi connectivity index (χ2v) is 4.38. The first-order valence-electron chi connectivity index (χ1n) is 6.08. The summed E-state index contributed by atoms with van der Waals surface area (Å²) in [5, 5.41) is 9.18. The molecule has 6 heteroatoms. The SMILES string of the molecule is O=C(c1ccc(OC(F)F)cc1)N1CCC[C@H]1CO. The van der Waals surface area contributed by atoms with Crippen molar-refractivity contribution in [2.75, 3.05) is 13.2 Å². The van der Waals surface area contributed by atoms with Crippen LogP contribution < -0.4 is 4.74 Å². The summed E-state index contributed by atoms with van der Waals surface area (Å²) in [4.78, 5) is 13.8. The summed E-state index contributed by atoms with van der Waals surface area (Å²) in [5.41, 5.74) is 0.405. The average molecular weight is 271 g/mol. The molecule has 1 aliphatic rings. The fourth-order valence-electron chi connectivity index (χ4n) is 2.24. The molecule has 104 valence electrons. The van der Waals surface area contributed by atoms with Gasteiger partial charge >= 0.3 is 6.61 Å². The van der Waals surface area contributed by atoms with Gasteiger partial charge in [-0.05, 0) is 37.1 Å². The Kier molecular flexibility index (Phi) is 4.31. The molecule has 19 heavy (non-hydrogen) atoms. The van der Waals surface area contributed by atoms with Crippen LogP contribution in [0.4, 0.5) is 8.78 Å². The van der Waals surface area contributed by atoms with Gasteiger partial charge in [0.15, 0.2) is 0 Å². The lowest BCUT2D eigenvalue weighted by Crippen LogP contribution is -2.37. The molecule has 0 spiro atoms. The highest BCUT2D eigenvalue weighted by Crippen LogP contribution is 2.21. The van der Waals surface area contributed by atoms with Crippen LogP contribution in [-0.2, 0) is 0 Å². The molecule has 2 rings (SSSR count). The molecule has 0 unspecified atom stereocenters. The molecule has 0 aromatic heterocycles. The molecule has 4 nitrogen and oxygen atoms in total. The predicted molar refractivity (Wildman–Crippen MR) is 64.2 cm³/mol. The van der Waals surface area contributed by atoms with Crippen LogP contribution >= 0.6 is 0 Å². The molecule has 1 amide bonds. The van der Waals surface area contributed by atoms with Crippen molar-refractivity contribution >= 4 is 5.91 Å². The summed E-state index contributed by atoms with van der Waals surface area (Å²) in [6, 6.07) is 5.43. The summed E-state index contributed by atoms with van der Waals surface area (Å²) in [6.07, 6.45) is 1.65. The first-order chi connectivity index (χ1) is 9.11. The van der Waals surface area contributed by atoms with E-state index in [0.29, 0.717) is 12.1 Å². The Morgan fingerprint density at radius 1 is 1.42 bits per heavy atom. The molecule has 0 bridgehead atoms. The first-order valence-corrected chi connectivity index (χ1v) is 6.08. The third kappa shape index (κ3) is 3.20. The predicted octanol–water partition coefficient (Wildman–Crippen LogP) is 1.88. The van der Waals surface area contributed by atoms with E-state index in [1.807, 2.05) is 0 Å². The minimum absolute atomic E-state index is 0.0201. The van der Waals surface area contributed by atoms with E-state index in [0.717, 1.165) is 12.8 Å². The minimum Gasteiger partial charge on any atom is -0.435 e. The monoisotopic (exact) mass is 271 g/mol. The van der Waals surface area contributed by atoms with E-state index < -0.39 is 6.61 Å². The number of nitrogens with zero attached hydrogens (tertiary/aromatic N) is 1.